The molecule has 0 fully saturated rings. The lowest BCUT2D eigenvalue weighted by molar-refractivity contribution is 1.32. The first-order valence-corrected chi connectivity index (χ1v) is 26.4. The third-order valence-corrected chi connectivity index (χ3v) is 16.1. The van der Waals surface area contributed by atoms with Gasteiger partial charge in [0.15, 0.2) is 0 Å². The van der Waals surface area contributed by atoms with E-state index in [0.29, 0.717) is 0 Å². The maximum atomic E-state index is 5.97. The van der Waals surface area contributed by atoms with Crippen molar-refractivity contribution in [2.24, 2.45) is 0 Å². The van der Waals surface area contributed by atoms with E-state index in [2.05, 4.69) is 238 Å². The average Bonchev–Trinajstić information content (AvgIpc) is 3.94. The Labute approximate surface area is 445 Å². The summed E-state index contributed by atoms with van der Waals surface area (Å²) in [5, 5.41) is 16.3. The van der Waals surface area contributed by atoms with Crippen molar-refractivity contribution in [2.75, 3.05) is 0 Å². The van der Waals surface area contributed by atoms with Crippen molar-refractivity contribution in [3.8, 4) is 55.9 Å². The van der Waals surface area contributed by atoms with E-state index in [9.17, 15) is 0 Å². The predicted octanol–water partition coefficient (Wildman–Crippen LogP) is 19.3. The van der Waals surface area contributed by atoms with Gasteiger partial charge in [-0.2, -0.15) is 0 Å². The first-order chi connectivity index (χ1) is 37.8. The molecular formula is C73H48N4. The quantitative estimate of drug-likeness (QED) is 0.0946. The Morgan fingerprint density at radius 3 is 1.29 bits per heavy atom. The van der Waals surface area contributed by atoms with Gasteiger partial charge >= 0.3 is 0 Å². The summed E-state index contributed by atoms with van der Waals surface area (Å²) in [5.41, 5.74) is 23.1. The number of hydrogen-bond acceptors (Lipinski definition) is 4. The van der Waals surface area contributed by atoms with Crippen LogP contribution >= 0.6 is 0 Å². The smallest absolute Gasteiger partial charge is 0.0979 e. The van der Waals surface area contributed by atoms with Crippen molar-refractivity contribution >= 4 is 92.0 Å². The Hall–Kier alpha value is -9.86. The van der Waals surface area contributed by atoms with Crippen LogP contribution in [0.5, 0.6) is 0 Å². The largest absolute Gasteiger partial charge is 0.265 e. The minimum absolute atomic E-state index is 0.824. The van der Waals surface area contributed by atoms with Gasteiger partial charge in [0, 0.05) is 68.6 Å². The van der Waals surface area contributed by atoms with Crippen LogP contribution in [0.1, 0.15) is 30.5 Å². The fraction of sp³-hybridized carbons (Fsp3) is 0.0548. The van der Waals surface area contributed by atoms with Crippen molar-refractivity contribution in [3.05, 3.63) is 252 Å². The summed E-state index contributed by atoms with van der Waals surface area (Å²) in [5.74, 6) is 0. The molecule has 0 unspecified atom stereocenters. The maximum absolute atomic E-state index is 5.97. The summed E-state index contributed by atoms with van der Waals surface area (Å²) in [6.07, 6.45) is 9.77. The summed E-state index contributed by atoms with van der Waals surface area (Å²) in [7, 11) is 0. The van der Waals surface area contributed by atoms with Crippen LogP contribution in [0.15, 0.2) is 236 Å². The van der Waals surface area contributed by atoms with Crippen molar-refractivity contribution in [3.63, 3.8) is 0 Å². The molecule has 4 aromatic heterocycles. The van der Waals surface area contributed by atoms with Crippen LogP contribution in [0.25, 0.3) is 148 Å². The highest BCUT2D eigenvalue weighted by molar-refractivity contribution is 6.27. The number of aromatic nitrogens is 4. The molecule has 0 bridgehead atoms. The summed E-state index contributed by atoms with van der Waals surface area (Å²) >= 11 is 0. The molecule has 360 valence electrons. The second-order valence-corrected chi connectivity index (χ2v) is 20.8. The van der Waals surface area contributed by atoms with Gasteiger partial charge in [-0.1, -0.05) is 121 Å². The Morgan fingerprint density at radius 2 is 0.805 bits per heavy atom. The zero-order chi connectivity index (χ0) is 51.5. The van der Waals surface area contributed by atoms with Crippen LogP contribution in [0, 0.1) is 13.8 Å². The molecule has 0 saturated heterocycles. The fourth-order valence-corrected chi connectivity index (χ4v) is 12.8. The molecule has 1 aliphatic rings. The number of benzene rings is 10. The molecule has 0 N–H and O–H groups in total. The van der Waals surface area contributed by atoms with E-state index in [1.54, 1.807) is 0 Å². The lowest BCUT2D eigenvalue weighted by Gasteiger charge is -2.21. The second-order valence-electron chi connectivity index (χ2n) is 20.8. The van der Waals surface area contributed by atoms with Crippen LogP contribution in [0.2, 0.25) is 0 Å². The highest BCUT2D eigenvalue weighted by Gasteiger charge is 2.26. The Balaban J connectivity index is 1.11. The second kappa shape index (κ2) is 17.4. The van der Waals surface area contributed by atoms with Crippen LogP contribution in [0.3, 0.4) is 0 Å². The highest BCUT2D eigenvalue weighted by atomic mass is 14.8. The van der Waals surface area contributed by atoms with Crippen molar-refractivity contribution < 1.29 is 0 Å². The normalized spacial score (nSPS) is 12.7. The number of hydrogen-bond donors (Lipinski definition) is 0. The minimum Gasteiger partial charge on any atom is -0.265 e. The SMILES string of the molecule is CC1=C=C(c2c3ccccc3cc3c2c(-c2ccc4c(-c5ccncc5)c(-c5ccncc5)c5ccc(-c6cc7ccccc7c7cc8ccccc8c(-c8ccc(C)cc8C)c67)nc5c4n2)cc2ccccc23)C(C)=C1. The molecule has 10 aromatic carbocycles. The van der Waals surface area contributed by atoms with Gasteiger partial charge in [-0.15, -0.1) is 5.73 Å². The molecular weight excluding hydrogens is 933 g/mol. The molecule has 1 aliphatic carbocycles. The lowest BCUT2D eigenvalue weighted by atomic mass is 9.84. The Bertz CT molecular complexity index is 4980. The topological polar surface area (TPSA) is 51.6 Å². The van der Waals surface area contributed by atoms with Crippen molar-refractivity contribution in [2.45, 2.75) is 27.7 Å². The summed E-state index contributed by atoms with van der Waals surface area (Å²) in [6, 6.07) is 69.0. The number of rotatable bonds is 6. The van der Waals surface area contributed by atoms with E-state index in [1.165, 1.54) is 81.9 Å². The van der Waals surface area contributed by atoms with Crippen LogP contribution in [-0.2, 0) is 0 Å². The fourth-order valence-electron chi connectivity index (χ4n) is 12.8. The molecule has 77 heavy (non-hydrogen) atoms. The van der Waals surface area contributed by atoms with E-state index in [1.807, 2.05) is 24.8 Å². The monoisotopic (exact) mass is 980 g/mol. The average molecular weight is 981 g/mol. The van der Waals surface area contributed by atoms with E-state index < -0.39 is 0 Å². The van der Waals surface area contributed by atoms with E-state index >= 15 is 0 Å². The van der Waals surface area contributed by atoms with Gasteiger partial charge in [-0.3, -0.25) is 9.97 Å². The first kappa shape index (κ1) is 44.6. The lowest BCUT2D eigenvalue weighted by Crippen LogP contribution is -1.99. The van der Waals surface area contributed by atoms with Gasteiger partial charge in [0.1, 0.15) is 0 Å². The van der Waals surface area contributed by atoms with Crippen LogP contribution < -0.4 is 0 Å². The number of allylic oxidation sites excluding steroid dienone is 3. The zero-order valence-corrected chi connectivity index (χ0v) is 43.1. The molecule has 0 amide bonds. The first-order valence-electron chi connectivity index (χ1n) is 26.4. The summed E-state index contributed by atoms with van der Waals surface area (Å²) in [6.45, 7) is 8.77. The van der Waals surface area contributed by atoms with Gasteiger partial charge in [0.25, 0.3) is 0 Å². The Kier molecular flexibility index (Phi) is 10.1. The van der Waals surface area contributed by atoms with Gasteiger partial charge in [-0.25, -0.2) is 9.97 Å². The Morgan fingerprint density at radius 1 is 0.351 bits per heavy atom. The molecule has 4 heteroatoms. The molecule has 4 heterocycles. The predicted molar refractivity (Wildman–Crippen MR) is 324 cm³/mol. The minimum atomic E-state index is 0.824. The van der Waals surface area contributed by atoms with Crippen LogP contribution in [-0.4, -0.2) is 19.9 Å². The molecule has 4 nitrogen and oxygen atoms in total. The van der Waals surface area contributed by atoms with Gasteiger partial charge in [0.05, 0.1) is 22.4 Å². The maximum Gasteiger partial charge on any atom is 0.0979 e. The van der Waals surface area contributed by atoms with Gasteiger partial charge < -0.3 is 0 Å². The van der Waals surface area contributed by atoms with Crippen LogP contribution in [0.4, 0.5) is 0 Å². The molecule has 0 atom stereocenters. The standard InChI is InChI=1S/C73H48N4/c1-42-21-22-52(44(3)35-42)68-55-19-11-7-15-50(55)38-60-53-17-9-5-13-48(53)40-62(70(60)68)64-25-23-57-66(46-27-31-74-32-28-46)67(47-29-33-75-34-30-47)58-24-26-65(77-73(58)72(57)76-64)63-41-49-14-6-10-18-54(49)61-39-51-16-8-12-20-56(51)69(71(61)63)59-37-43(2)36-45(59)4/h5-36,38-41H,1-4H3. The zero-order valence-electron chi connectivity index (χ0n) is 43.1. The number of pyridine rings is 4. The van der Waals surface area contributed by atoms with Crippen molar-refractivity contribution in [1.29, 1.82) is 0 Å². The summed E-state index contributed by atoms with van der Waals surface area (Å²) < 4.78 is 0. The number of fused-ring (bicyclic) bond motifs is 11. The third-order valence-electron chi connectivity index (χ3n) is 16.1. The highest BCUT2D eigenvalue weighted by Crippen LogP contribution is 2.50. The molecule has 14 aromatic rings. The molecule has 0 aliphatic heterocycles. The van der Waals surface area contributed by atoms with Gasteiger partial charge in [-0.05, 0) is 211 Å². The van der Waals surface area contributed by atoms with Gasteiger partial charge in [0.2, 0.25) is 0 Å². The number of nitrogens with zero attached hydrogens (tertiary/aromatic N) is 4. The molecule has 0 radical (unpaired) electrons. The summed E-state index contributed by atoms with van der Waals surface area (Å²) in [4.78, 5) is 20.9. The molecule has 0 saturated carbocycles. The third kappa shape index (κ3) is 7.00. The van der Waals surface area contributed by atoms with Crippen molar-refractivity contribution in [1.82, 2.24) is 19.9 Å². The van der Waals surface area contributed by atoms with E-state index in [4.69, 9.17) is 9.97 Å². The molecule has 0 spiro atoms. The molecule has 15 rings (SSSR count). The van der Waals surface area contributed by atoms with E-state index in [-0.39, 0.29) is 0 Å². The van der Waals surface area contributed by atoms with E-state index in [0.717, 1.165) is 93.9 Å². The number of aryl methyl sites for hydroxylation is 2.